The number of nitrogens with zero attached hydrogens (tertiary/aromatic N) is 1. The van der Waals surface area contributed by atoms with Crippen molar-refractivity contribution in [1.29, 1.82) is 0 Å². The maximum Gasteiger partial charge on any atom is 0.220 e. The van der Waals surface area contributed by atoms with Gasteiger partial charge in [-0.25, -0.2) is 0 Å². The van der Waals surface area contributed by atoms with Gasteiger partial charge < -0.3 is 16.4 Å². The van der Waals surface area contributed by atoms with Gasteiger partial charge in [-0.2, -0.15) is 0 Å². The van der Waals surface area contributed by atoms with Crippen LogP contribution in [0.5, 0.6) is 0 Å². The van der Waals surface area contributed by atoms with E-state index in [0.717, 1.165) is 31.5 Å². The third-order valence-corrected chi connectivity index (χ3v) is 3.67. The smallest absolute Gasteiger partial charge is 0.220 e. The second-order valence-electron chi connectivity index (χ2n) is 5.01. The summed E-state index contributed by atoms with van der Waals surface area (Å²) in [6, 6.07) is 8.23. The number of amides is 1. The van der Waals surface area contributed by atoms with Gasteiger partial charge in [0.2, 0.25) is 5.91 Å². The molecular formula is C14H21N3O. The summed E-state index contributed by atoms with van der Waals surface area (Å²) in [6.45, 7) is 3.74. The highest BCUT2D eigenvalue weighted by molar-refractivity contribution is 5.77. The van der Waals surface area contributed by atoms with Crippen LogP contribution in [0.1, 0.15) is 31.4 Å². The van der Waals surface area contributed by atoms with Crippen LogP contribution < -0.4 is 16.4 Å². The molecule has 0 bridgehead atoms. The number of anilines is 1. The molecule has 4 heteroatoms. The van der Waals surface area contributed by atoms with E-state index in [1.807, 2.05) is 19.1 Å². The lowest BCUT2D eigenvalue weighted by molar-refractivity contribution is -0.122. The number of carbonyl (C=O) groups is 1. The first-order chi connectivity index (χ1) is 8.59. The molecule has 1 aliphatic heterocycles. The van der Waals surface area contributed by atoms with Gasteiger partial charge in [0.15, 0.2) is 0 Å². The fraction of sp³-hybridized carbons (Fsp3) is 0.500. The molecule has 1 amide bonds. The Balaban J connectivity index is 2.12. The predicted octanol–water partition coefficient (Wildman–Crippen LogP) is 1.41. The molecule has 0 aromatic heterocycles. The van der Waals surface area contributed by atoms with Crippen molar-refractivity contribution in [3.05, 3.63) is 29.8 Å². The standard InChI is InChI=1S/C14H21N3O/c1-10(15)12-4-2-3-5-13(12)17-8-6-11(7-9-17)14(16)18/h2-5,10-11H,6-9,15H2,1H3,(H2,16,18). The molecule has 1 aliphatic rings. The van der Waals surface area contributed by atoms with Crippen molar-refractivity contribution >= 4 is 11.6 Å². The van der Waals surface area contributed by atoms with Crippen LogP contribution in [0.25, 0.3) is 0 Å². The Morgan fingerprint density at radius 1 is 1.33 bits per heavy atom. The number of benzene rings is 1. The fourth-order valence-electron chi connectivity index (χ4n) is 2.57. The third kappa shape index (κ3) is 2.64. The van der Waals surface area contributed by atoms with E-state index in [0.29, 0.717) is 0 Å². The molecule has 1 aromatic carbocycles. The van der Waals surface area contributed by atoms with Gasteiger partial charge >= 0.3 is 0 Å². The Bertz CT molecular complexity index is 423. The first kappa shape index (κ1) is 12.9. The van der Waals surface area contributed by atoms with Crippen molar-refractivity contribution < 1.29 is 4.79 Å². The van der Waals surface area contributed by atoms with E-state index in [-0.39, 0.29) is 17.9 Å². The Morgan fingerprint density at radius 3 is 2.50 bits per heavy atom. The first-order valence-corrected chi connectivity index (χ1v) is 6.48. The summed E-state index contributed by atoms with van der Waals surface area (Å²) in [7, 11) is 0. The molecule has 2 rings (SSSR count). The lowest BCUT2D eigenvalue weighted by Gasteiger charge is -2.34. The zero-order valence-electron chi connectivity index (χ0n) is 10.8. The van der Waals surface area contributed by atoms with Crippen LogP contribution in [0.3, 0.4) is 0 Å². The number of nitrogens with two attached hydrogens (primary N) is 2. The fourth-order valence-corrected chi connectivity index (χ4v) is 2.57. The molecule has 1 unspecified atom stereocenters. The van der Waals surface area contributed by atoms with Gasteiger partial charge in [-0.15, -0.1) is 0 Å². The molecule has 0 spiro atoms. The van der Waals surface area contributed by atoms with Gasteiger partial charge in [0, 0.05) is 30.7 Å². The van der Waals surface area contributed by atoms with Crippen molar-refractivity contribution in [3.63, 3.8) is 0 Å². The Hall–Kier alpha value is -1.55. The van der Waals surface area contributed by atoms with Gasteiger partial charge in [-0.05, 0) is 31.4 Å². The molecule has 1 saturated heterocycles. The molecule has 0 radical (unpaired) electrons. The van der Waals surface area contributed by atoms with Crippen molar-refractivity contribution in [2.75, 3.05) is 18.0 Å². The number of hydrogen-bond acceptors (Lipinski definition) is 3. The van der Waals surface area contributed by atoms with Gasteiger partial charge in [0.05, 0.1) is 0 Å². The summed E-state index contributed by atoms with van der Waals surface area (Å²) in [5.74, 6) is -0.140. The molecule has 4 N–H and O–H groups in total. The number of primary amides is 1. The van der Waals surface area contributed by atoms with Crippen LogP contribution in [-0.2, 0) is 4.79 Å². The Kier molecular flexibility index (Phi) is 3.87. The minimum atomic E-state index is -0.171. The highest BCUT2D eigenvalue weighted by Gasteiger charge is 2.24. The van der Waals surface area contributed by atoms with E-state index in [9.17, 15) is 4.79 Å². The molecule has 1 fully saturated rings. The van der Waals surface area contributed by atoms with Crippen LogP contribution in [0.4, 0.5) is 5.69 Å². The summed E-state index contributed by atoms with van der Waals surface area (Å²) < 4.78 is 0. The first-order valence-electron chi connectivity index (χ1n) is 6.48. The number of rotatable bonds is 3. The number of piperidine rings is 1. The van der Waals surface area contributed by atoms with Gasteiger partial charge in [0.1, 0.15) is 0 Å². The van der Waals surface area contributed by atoms with Crippen LogP contribution in [0.2, 0.25) is 0 Å². The maximum atomic E-state index is 11.2. The molecule has 4 nitrogen and oxygen atoms in total. The molecule has 18 heavy (non-hydrogen) atoms. The molecular weight excluding hydrogens is 226 g/mol. The van der Waals surface area contributed by atoms with Crippen LogP contribution >= 0.6 is 0 Å². The minimum absolute atomic E-state index is 0.0232. The normalized spacial score (nSPS) is 18.7. The molecule has 0 aliphatic carbocycles. The topological polar surface area (TPSA) is 72.3 Å². The molecule has 0 saturated carbocycles. The van der Waals surface area contributed by atoms with E-state index in [4.69, 9.17) is 11.5 Å². The number of para-hydroxylation sites is 1. The van der Waals surface area contributed by atoms with Crippen LogP contribution in [-0.4, -0.2) is 19.0 Å². The zero-order chi connectivity index (χ0) is 13.1. The second kappa shape index (κ2) is 5.40. The Labute approximate surface area is 108 Å². The van der Waals surface area contributed by atoms with Gasteiger partial charge in [0.25, 0.3) is 0 Å². The average molecular weight is 247 g/mol. The largest absolute Gasteiger partial charge is 0.371 e. The second-order valence-corrected chi connectivity index (χ2v) is 5.01. The van der Waals surface area contributed by atoms with Gasteiger partial charge in [-0.3, -0.25) is 4.79 Å². The van der Waals surface area contributed by atoms with Gasteiger partial charge in [-0.1, -0.05) is 18.2 Å². The predicted molar refractivity (Wildman–Crippen MR) is 73.2 cm³/mol. The third-order valence-electron chi connectivity index (χ3n) is 3.67. The van der Waals surface area contributed by atoms with Crippen LogP contribution in [0.15, 0.2) is 24.3 Å². The Morgan fingerprint density at radius 2 is 1.94 bits per heavy atom. The molecule has 98 valence electrons. The monoisotopic (exact) mass is 247 g/mol. The van der Waals surface area contributed by atoms with Crippen LogP contribution in [0, 0.1) is 5.92 Å². The summed E-state index contributed by atoms with van der Waals surface area (Å²) >= 11 is 0. The summed E-state index contributed by atoms with van der Waals surface area (Å²) in [6.07, 6.45) is 1.67. The molecule has 1 aromatic rings. The highest BCUT2D eigenvalue weighted by atomic mass is 16.1. The minimum Gasteiger partial charge on any atom is -0.371 e. The maximum absolute atomic E-state index is 11.2. The van der Waals surface area contributed by atoms with E-state index < -0.39 is 0 Å². The highest BCUT2D eigenvalue weighted by Crippen LogP contribution is 2.28. The van der Waals surface area contributed by atoms with Crippen molar-refractivity contribution in [2.45, 2.75) is 25.8 Å². The quantitative estimate of drug-likeness (QED) is 0.848. The van der Waals surface area contributed by atoms with E-state index in [2.05, 4.69) is 17.0 Å². The zero-order valence-corrected chi connectivity index (χ0v) is 10.8. The summed E-state index contributed by atoms with van der Waals surface area (Å²) in [5, 5.41) is 0. The summed E-state index contributed by atoms with van der Waals surface area (Å²) in [4.78, 5) is 13.5. The molecule has 1 atom stereocenters. The van der Waals surface area contributed by atoms with Crippen molar-refractivity contribution in [2.24, 2.45) is 17.4 Å². The number of hydrogen-bond donors (Lipinski definition) is 2. The molecule has 1 heterocycles. The van der Waals surface area contributed by atoms with E-state index in [1.54, 1.807) is 0 Å². The lowest BCUT2D eigenvalue weighted by Crippen LogP contribution is -2.39. The average Bonchev–Trinajstić information content (AvgIpc) is 2.39. The van der Waals surface area contributed by atoms with Crippen molar-refractivity contribution in [3.8, 4) is 0 Å². The van der Waals surface area contributed by atoms with E-state index in [1.165, 1.54) is 5.69 Å². The van der Waals surface area contributed by atoms with E-state index >= 15 is 0 Å². The SMILES string of the molecule is CC(N)c1ccccc1N1CCC(C(N)=O)CC1. The lowest BCUT2D eigenvalue weighted by atomic mass is 9.95. The number of carbonyl (C=O) groups excluding carboxylic acids is 1. The summed E-state index contributed by atoms with van der Waals surface area (Å²) in [5.41, 5.74) is 13.7. The van der Waals surface area contributed by atoms with Crippen molar-refractivity contribution in [1.82, 2.24) is 0 Å².